The maximum atomic E-state index is 10.9. The van der Waals surface area contributed by atoms with Crippen LogP contribution >= 0.6 is 0 Å². The largest absolute Gasteiger partial charge is 0.497 e. The Bertz CT molecular complexity index is 343. The van der Waals surface area contributed by atoms with Crippen molar-refractivity contribution in [2.45, 2.75) is 26.9 Å². The second-order valence-corrected chi connectivity index (χ2v) is 4.89. The SMILES string of the molecule is COc1ccc(COC[C@@H](C=O)CC(C)C)cc1. The number of rotatable bonds is 8. The van der Waals surface area contributed by atoms with Crippen molar-refractivity contribution in [2.24, 2.45) is 11.8 Å². The van der Waals surface area contributed by atoms with E-state index in [9.17, 15) is 4.79 Å². The van der Waals surface area contributed by atoms with Gasteiger partial charge in [-0.25, -0.2) is 0 Å². The summed E-state index contributed by atoms with van der Waals surface area (Å²) < 4.78 is 10.7. The Kier molecular flexibility index (Phi) is 6.44. The molecule has 0 aromatic heterocycles. The molecular formula is C15H22O3. The minimum Gasteiger partial charge on any atom is -0.497 e. The summed E-state index contributed by atoms with van der Waals surface area (Å²) in [4.78, 5) is 10.9. The molecule has 0 bridgehead atoms. The fourth-order valence-corrected chi connectivity index (χ4v) is 1.82. The lowest BCUT2D eigenvalue weighted by molar-refractivity contribution is -0.113. The van der Waals surface area contributed by atoms with E-state index in [1.807, 2.05) is 24.3 Å². The number of ether oxygens (including phenoxy) is 2. The van der Waals surface area contributed by atoms with Crippen LogP contribution in [0.5, 0.6) is 5.75 Å². The molecule has 1 aromatic rings. The van der Waals surface area contributed by atoms with Gasteiger partial charge in [-0.3, -0.25) is 0 Å². The molecule has 100 valence electrons. The third-order valence-corrected chi connectivity index (χ3v) is 2.73. The first kappa shape index (κ1) is 14.7. The van der Waals surface area contributed by atoms with Crippen molar-refractivity contribution < 1.29 is 14.3 Å². The normalized spacial score (nSPS) is 12.4. The summed E-state index contributed by atoms with van der Waals surface area (Å²) in [6.45, 7) is 5.25. The average molecular weight is 250 g/mol. The first-order chi connectivity index (χ1) is 8.65. The molecule has 3 heteroatoms. The Labute approximate surface area is 109 Å². The smallest absolute Gasteiger partial charge is 0.125 e. The zero-order chi connectivity index (χ0) is 13.4. The lowest BCUT2D eigenvalue weighted by atomic mass is 9.99. The molecule has 0 aliphatic carbocycles. The van der Waals surface area contributed by atoms with Crippen LogP contribution in [0.25, 0.3) is 0 Å². The molecule has 0 saturated heterocycles. The van der Waals surface area contributed by atoms with Crippen LogP contribution in [0.15, 0.2) is 24.3 Å². The summed E-state index contributed by atoms with van der Waals surface area (Å²) in [6, 6.07) is 7.75. The quantitative estimate of drug-likeness (QED) is 0.665. The summed E-state index contributed by atoms with van der Waals surface area (Å²) in [5.74, 6) is 1.36. The molecule has 0 aliphatic rings. The third-order valence-electron chi connectivity index (χ3n) is 2.73. The summed E-state index contributed by atoms with van der Waals surface area (Å²) in [5, 5.41) is 0. The van der Waals surface area contributed by atoms with Crippen LogP contribution in [0.4, 0.5) is 0 Å². The Hall–Kier alpha value is -1.35. The molecule has 0 heterocycles. The van der Waals surface area contributed by atoms with E-state index in [0.717, 1.165) is 24.0 Å². The fraction of sp³-hybridized carbons (Fsp3) is 0.533. The standard InChI is InChI=1S/C15H22O3/c1-12(2)8-14(9-16)11-18-10-13-4-6-15(17-3)7-5-13/h4-7,9,12,14H,8,10-11H2,1-3H3/t14-/m1/s1. The molecule has 0 fully saturated rings. The van der Waals surface area contributed by atoms with Gasteiger partial charge in [0.05, 0.1) is 20.3 Å². The fourth-order valence-electron chi connectivity index (χ4n) is 1.82. The van der Waals surface area contributed by atoms with Crippen LogP contribution in [0.2, 0.25) is 0 Å². The summed E-state index contributed by atoms with van der Waals surface area (Å²) in [5.41, 5.74) is 1.09. The maximum absolute atomic E-state index is 10.9. The molecule has 0 spiro atoms. The van der Waals surface area contributed by atoms with Crippen molar-refractivity contribution in [3.63, 3.8) is 0 Å². The molecule has 18 heavy (non-hydrogen) atoms. The second-order valence-electron chi connectivity index (χ2n) is 4.89. The molecule has 0 unspecified atom stereocenters. The van der Waals surface area contributed by atoms with Gasteiger partial charge in [0.2, 0.25) is 0 Å². The van der Waals surface area contributed by atoms with Gasteiger partial charge in [0, 0.05) is 5.92 Å². The molecule has 1 aromatic carbocycles. The van der Waals surface area contributed by atoms with Crippen molar-refractivity contribution in [1.82, 2.24) is 0 Å². The molecule has 1 rings (SSSR count). The van der Waals surface area contributed by atoms with Gasteiger partial charge in [0.15, 0.2) is 0 Å². The molecule has 0 aliphatic heterocycles. The topological polar surface area (TPSA) is 35.5 Å². The minimum absolute atomic E-state index is 0.00301. The first-order valence-electron chi connectivity index (χ1n) is 6.31. The van der Waals surface area contributed by atoms with Crippen molar-refractivity contribution in [1.29, 1.82) is 0 Å². The molecule has 0 amide bonds. The Balaban J connectivity index is 2.33. The van der Waals surface area contributed by atoms with Gasteiger partial charge >= 0.3 is 0 Å². The monoisotopic (exact) mass is 250 g/mol. The van der Waals surface area contributed by atoms with E-state index in [2.05, 4.69) is 13.8 Å². The van der Waals surface area contributed by atoms with Gasteiger partial charge in [0.25, 0.3) is 0 Å². The van der Waals surface area contributed by atoms with E-state index < -0.39 is 0 Å². The van der Waals surface area contributed by atoms with Gasteiger partial charge < -0.3 is 14.3 Å². The van der Waals surface area contributed by atoms with Gasteiger partial charge in [0.1, 0.15) is 12.0 Å². The Morgan fingerprint density at radius 1 is 1.22 bits per heavy atom. The Morgan fingerprint density at radius 3 is 2.39 bits per heavy atom. The van der Waals surface area contributed by atoms with E-state index in [1.54, 1.807) is 7.11 Å². The average Bonchev–Trinajstić information content (AvgIpc) is 2.38. The highest BCUT2D eigenvalue weighted by Crippen LogP contribution is 2.14. The summed E-state index contributed by atoms with van der Waals surface area (Å²) >= 11 is 0. The molecule has 3 nitrogen and oxygen atoms in total. The Morgan fingerprint density at radius 2 is 1.89 bits per heavy atom. The van der Waals surface area contributed by atoms with Crippen LogP contribution in [0, 0.1) is 11.8 Å². The predicted molar refractivity (Wildman–Crippen MR) is 71.7 cm³/mol. The molecule has 0 radical (unpaired) electrons. The van der Waals surface area contributed by atoms with E-state index >= 15 is 0 Å². The van der Waals surface area contributed by atoms with Crippen LogP contribution in [0.3, 0.4) is 0 Å². The van der Waals surface area contributed by atoms with Gasteiger partial charge in [-0.05, 0) is 30.0 Å². The number of hydrogen-bond acceptors (Lipinski definition) is 3. The zero-order valence-electron chi connectivity index (χ0n) is 11.4. The zero-order valence-corrected chi connectivity index (χ0v) is 11.4. The number of methoxy groups -OCH3 is 1. The maximum Gasteiger partial charge on any atom is 0.125 e. The minimum atomic E-state index is 0.00301. The molecule has 0 saturated carbocycles. The molecule has 0 N–H and O–H groups in total. The van der Waals surface area contributed by atoms with Gasteiger partial charge in [-0.1, -0.05) is 26.0 Å². The number of hydrogen-bond donors (Lipinski definition) is 0. The first-order valence-corrected chi connectivity index (χ1v) is 6.31. The lowest BCUT2D eigenvalue weighted by Crippen LogP contribution is -2.13. The highest BCUT2D eigenvalue weighted by molar-refractivity contribution is 5.53. The molecule has 1 atom stereocenters. The van der Waals surface area contributed by atoms with E-state index in [4.69, 9.17) is 9.47 Å². The van der Waals surface area contributed by atoms with Crippen LogP contribution < -0.4 is 4.74 Å². The van der Waals surface area contributed by atoms with Gasteiger partial charge in [-0.2, -0.15) is 0 Å². The van der Waals surface area contributed by atoms with Crippen LogP contribution in [-0.4, -0.2) is 20.0 Å². The van der Waals surface area contributed by atoms with Crippen LogP contribution in [0.1, 0.15) is 25.8 Å². The third kappa shape index (κ3) is 5.32. The van der Waals surface area contributed by atoms with E-state index in [1.165, 1.54) is 0 Å². The van der Waals surface area contributed by atoms with Crippen molar-refractivity contribution in [2.75, 3.05) is 13.7 Å². The number of carbonyl (C=O) groups excluding carboxylic acids is 1. The second kappa shape index (κ2) is 7.88. The highest BCUT2D eigenvalue weighted by atomic mass is 16.5. The van der Waals surface area contributed by atoms with Crippen molar-refractivity contribution in [3.05, 3.63) is 29.8 Å². The highest BCUT2D eigenvalue weighted by Gasteiger charge is 2.09. The number of carbonyl (C=O) groups is 1. The van der Waals surface area contributed by atoms with Crippen molar-refractivity contribution >= 4 is 6.29 Å². The number of benzene rings is 1. The van der Waals surface area contributed by atoms with Crippen LogP contribution in [-0.2, 0) is 16.1 Å². The summed E-state index contributed by atoms with van der Waals surface area (Å²) in [7, 11) is 1.64. The summed E-state index contributed by atoms with van der Waals surface area (Å²) in [6.07, 6.45) is 1.88. The lowest BCUT2D eigenvalue weighted by Gasteiger charge is -2.13. The van der Waals surface area contributed by atoms with E-state index in [0.29, 0.717) is 19.1 Å². The molecular weight excluding hydrogens is 228 g/mol. The number of aldehydes is 1. The van der Waals surface area contributed by atoms with E-state index in [-0.39, 0.29) is 5.92 Å². The predicted octanol–water partition coefficient (Wildman–Crippen LogP) is 3.07. The van der Waals surface area contributed by atoms with Crippen molar-refractivity contribution in [3.8, 4) is 5.75 Å². The van der Waals surface area contributed by atoms with Gasteiger partial charge in [-0.15, -0.1) is 0 Å².